The number of rotatable bonds is 4. The van der Waals surface area contributed by atoms with Crippen LogP contribution in [-0.4, -0.2) is 36.5 Å². The molecule has 1 saturated heterocycles. The Morgan fingerprint density at radius 2 is 2.24 bits per heavy atom. The molecule has 108 valence electrons. The SMILES string of the molecule is COc1c2cc(OCC3CO3)c(O)cc2nc2occc12. The number of aromatic hydroxyl groups is 1. The number of hydrogen-bond donors (Lipinski definition) is 1. The van der Waals surface area contributed by atoms with Crippen LogP contribution in [0.25, 0.3) is 22.0 Å². The fourth-order valence-corrected chi connectivity index (χ4v) is 2.33. The van der Waals surface area contributed by atoms with Crippen molar-refractivity contribution in [3.05, 3.63) is 24.5 Å². The lowest BCUT2D eigenvalue weighted by Crippen LogP contribution is -2.04. The summed E-state index contributed by atoms with van der Waals surface area (Å²) >= 11 is 0. The second-order valence-corrected chi connectivity index (χ2v) is 4.89. The molecule has 1 N–H and O–H groups in total. The average molecular weight is 287 g/mol. The number of aromatic nitrogens is 1. The van der Waals surface area contributed by atoms with Crippen LogP contribution in [0.5, 0.6) is 17.2 Å². The molecular weight excluding hydrogens is 274 g/mol. The molecule has 1 unspecified atom stereocenters. The highest BCUT2D eigenvalue weighted by Gasteiger charge is 2.24. The Kier molecular flexibility index (Phi) is 2.65. The van der Waals surface area contributed by atoms with Crippen molar-refractivity contribution in [2.24, 2.45) is 0 Å². The second-order valence-electron chi connectivity index (χ2n) is 4.89. The van der Waals surface area contributed by atoms with E-state index < -0.39 is 0 Å². The first-order valence-corrected chi connectivity index (χ1v) is 6.58. The highest BCUT2D eigenvalue weighted by Crippen LogP contribution is 2.39. The fourth-order valence-electron chi connectivity index (χ4n) is 2.33. The van der Waals surface area contributed by atoms with Gasteiger partial charge in [0.15, 0.2) is 11.5 Å². The first-order valence-electron chi connectivity index (χ1n) is 6.58. The van der Waals surface area contributed by atoms with Gasteiger partial charge in [0, 0.05) is 11.5 Å². The van der Waals surface area contributed by atoms with E-state index >= 15 is 0 Å². The third kappa shape index (κ3) is 2.04. The molecule has 0 aliphatic carbocycles. The Morgan fingerprint density at radius 1 is 1.38 bits per heavy atom. The Morgan fingerprint density at radius 3 is 3.00 bits per heavy atom. The number of methoxy groups -OCH3 is 1. The zero-order valence-electron chi connectivity index (χ0n) is 11.3. The zero-order valence-corrected chi connectivity index (χ0v) is 11.3. The summed E-state index contributed by atoms with van der Waals surface area (Å²) in [5.74, 6) is 1.07. The predicted molar refractivity (Wildman–Crippen MR) is 75.0 cm³/mol. The van der Waals surface area contributed by atoms with Crippen LogP contribution in [0.4, 0.5) is 0 Å². The molecule has 1 aliphatic rings. The van der Waals surface area contributed by atoms with Gasteiger partial charge in [-0.2, -0.15) is 0 Å². The quantitative estimate of drug-likeness (QED) is 0.743. The van der Waals surface area contributed by atoms with Crippen molar-refractivity contribution >= 4 is 22.0 Å². The summed E-state index contributed by atoms with van der Waals surface area (Å²) in [5.41, 5.74) is 1.06. The van der Waals surface area contributed by atoms with Crippen LogP contribution in [0.3, 0.4) is 0 Å². The smallest absolute Gasteiger partial charge is 0.230 e. The van der Waals surface area contributed by atoms with E-state index in [1.54, 1.807) is 31.6 Å². The van der Waals surface area contributed by atoms with Gasteiger partial charge in [-0.05, 0) is 12.1 Å². The summed E-state index contributed by atoms with van der Waals surface area (Å²) in [6.45, 7) is 1.12. The predicted octanol–water partition coefficient (Wildman–Crippen LogP) is 2.47. The Bertz CT molecular complexity index is 822. The molecule has 4 rings (SSSR count). The number of phenols is 1. The number of pyridine rings is 1. The first-order chi connectivity index (χ1) is 10.3. The maximum Gasteiger partial charge on any atom is 0.230 e. The fraction of sp³-hybridized carbons (Fsp3) is 0.267. The molecule has 2 aromatic heterocycles. The maximum absolute atomic E-state index is 10.1. The second kappa shape index (κ2) is 4.53. The van der Waals surface area contributed by atoms with E-state index in [-0.39, 0.29) is 11.9 Å². The van der Waals surface area contributed by atoms with E-state index in [1.807, 2.05) is 0 Å². The van der Waals surface area contributed by atoms with Gasteiger partial charge < -0.3 is 23.7 Å². The molecule has 0 amide bonds. The van der Waals surface area contributed by atoms with Gasteiger partial charge in [-0.25, -0.2) is 4.98 Å². The van der Waals surface area contributed by atoms with Crippen LogP contribution in [0.15, 0.2) is 28.9 Å². The van der Waals surface area contributed by atoms with Crippen molar-refractivity contribution in [1.82, 2.24) is 4.98 Å². The summed E-state index contributed by atoms with van der Waals surface area (Å²) < 4.78 is 21.4. The standard InChI is InChI=1S/C15H13NO5/c1-18-14-9-2-3-19-15(9)16-11-5-12(17)13(4-10(11)14)21-7-8-6-20-8/h2-5,8,17H,6-7H2,1H3. The highest BCUT2D eigenvalue weighted by atomic mass is 16.6. The number of phenolic OH excluding ortho intramolecular Hbond substituents is 1. The molecule has 21 heavy (non-hydrogen) atoms. The maximum atomic E-state index is 10.1. The summed E-state index contributed by atoms with van der Waals surface area (Å²) in [4.78, 5) is 4.37. The van der Waals surface area contributed by atoms with Crippen molar-refractivity contribution in [1.29, 1.82) is 0 Å². The number of hydrogen-bond acceptors (Lipinski definition) is 6. The van der Waals surface area contributed by atoms with Gasteiger partial charge in [0.2, 0.25) is 5.71 Å². The van der Waals surface area contributed by atoms with Gasteiger partial charge >= 0.3 is 0 Å². The summed E-state index contributed by atoms with van der Waals surface area (Å²) in [5, 5.41) is 11.6. The van der Waals surface area contributed by atoms with Gasteiger partial charge in [0.05, 0.1) is 30.9 Å². The van der Waals surface area contributed by atoms with E-state index in [9.17, 15) is 5.11 Å². The number of furan rings is 1. The van der Waals surface area contributed by atoms with Crippen LogP contribution >= 0.6 is 0 Å². The van der Waals surface area contributed by atoms with Gasteiger partial charge in [0.25, 0.3) is 0 Å². The molecule has 1 atom stereocenters. The first kappa shape index (κ1) is 12.3. The van der Waals surface area contributed by atoms with Crippen molar-refractivity contribution in [3.8, 4) is 17.2 Å². The Labute approximate surface area is 119 Å². The van der Waals surface area contributed by atoms with Crippen molar-refractivity contribution in [2.75, 3.05) is 20.3 Å². The third-order valence-electron chi connectivity index (χ3n) is 3.46. The van der Waals surface area contributed by atoms with E-state index in [0.717, 1.165) is 10.8 Å². The third-order valence-corrected chi connectivity index (χ3v) is 3.46. The Balaban J connectivity index is 1.88. The number of fused-ring (bicyclic) bond motifs is 2. The van der Waals surface area contributed by atoms with Gasteiger partial charge in [0.1, 0.15) is 18.5 Å². The highest BCUT2D eigenvalue weighted by molar-refractivity contribution is 6.00. The number of benzene rings is 1. The van der Waals surface area contributed by atoms with Crippen LogP contribution in [-0.2, 0) is 4.74 Å². The topological polar surface area (TPSA) is 77.2 Å². The molecule has 1 aliphatic heterocycles. The van der Waals surface area contributed by atoms with Crippen LogP contribution in [0, 0.1) is 0 Å². The van der Waals surface area contributed by atoms with Crippen molar-refractivity contribution < 1.29 is 23.7 Å². The van der Waals surface area contributed by atoms with Gasteiger partial charge in [-0.1, -0.05) is 0 Å². The minimum Gasteiger partial charge on any atom is -0.504 e. The molecule has 0 radical (unpaired) electrons. The van der Waals surface area contributed by atoms with E-state index in [1.165, 1.54) is 0 Å². The minimum absolute atomic E-state index is 0.0311. The summed E-state index contributed by atoms with van der Waals surface area (Å²) in [6.07, 6.45) is 1.68. The molecular formula is C15H13NO5. The van der Waals surface area contributed by atoms with E-state index in [2.05, 4.69) is 4.98 Å². The molecule has 3 heterocycles. The van der Waals surface area contributed by atoms with Crippen molar-refractivity contribution in [2.45, 2.75) is 6.10 Å². The molecule has 6 nitrogen and oxygen atoms in total. The lowest BCUT2D eigenvalue weighted by Gasteiger charge is -2.11. The zero-order chi connectivity index (χ0) is 14.4. The van der Waals surface area contributed by atoms with Crippen LogP contribution in [0.1, 0.15) is 0 Å². The van der Waals surface area contributed by atoms with Crippen LogP contribution < -0.4 is 9.47 Å². The minimum atomic E-state index is 0.0311. The largest absolute Gasteiger partial charge is 0.504 e. The van der Waals surface area contributed by atoms with Crippen LogP contribution in [0.2, 0.25) is 0 Å². The van der Waals surface area contributed by atoms with Gasteiger partial charge in [-0.15, -0.1) is 0 Å². The van der Waals surface area contributed by atoms with E-state index in [0.29, 0.717) is 35.9 Å². The van der Waals surface area contributed by atoms with Crippen molar-refractivity contribution in [3.63, 3.8) is 0 Å². The molecule has 6 heteroatoms. The molecule has 1 fully saturated rings. The lowest BCUT2D eigenvalue weighted by atomic mass is 10.1. The summed E-state index contributed by atoms with van der Waals surface area (Å²) in [7, 11) is 1.59. The summed E-state index contributed by atoms with van der Waals surface area (Å²) in [6, 6.07) is 5.07. The lowest BCUT2D eigenvalue weighted by molar-refractivity contribution is 0.254. The molecule has 0 spiro atoms. The molecule has 0 saturated carbocycles. The molecule has 1 aromatic carbocycles. The Hall–Kier alpha value is -2.47. The number of epoxide rings is 1. The normalized spacial score (nSPS) is 17.3. The monoisotopic (exact) mass is 287 g/mol. The average Bonchev–Trinajstić information content (AvgIpc) is 3.19. The van der Waals surface area contributed by atoms with E-state index in [4.69, 9.17) is 18.6 Å². The number of nitrogens with zero attached hydrogens (tertiary/aromatic N) is 1. The molecule has 3 aromatic rings. The molecule has 0 bridgehead atoms. The van der Waals surface area contributed by atoms with Gasteiger partial charge in [-0.3, -0.25) is 0 Å². The number of ether oxygens (including phenoxy) is 3.